The summed E-state index contributed by atoms with van der Waals surface area (Å²) in [4.78, 5) is 12.1. The van der Waals surface area contributed by atoms with E-state index in [0.29, 0.717) is 5.69 Å². The van der Waals surface area contributed by atoms with Crippen LogP contribution in [0.2, 0.25) is 0 Å². The van der Waals surface area contributed by atoms with E-state index in [-0.39, 0.29) is 24.3 Å². The van der Waals surface area contributed by atoms with Crippen molar-refractivity contribution < 1.29 is 27.8 Å². The van der Waals surface area contributed by atoms with Crippen LogP contribution in [0.4, 0.5) is 23.7 Å². The first-order chi connectivity index (χ1) is 13.5. The molecule has 2 rings (SSSR count). The highest BCUT2D eigenvalue weighted by molar-refractivity contribution is 5.90. The van der Waals surface area contributed by atoms with E-state index in [2.05, 4.69) is 10.6 Å². The van der Waals surface area contributed by atoms with Gasteiger partial charge in [-0.25, -0.2) is 4.79 Å². The number of rotatable bonds is 6. The Morgan fingerprint density at radius 2 is 1.79 bits per heavy atom. The number of urea groups is 1. The van der Waals surface area contributed by atoms with Gasteiger partial charge in [-0.3, -0.25) is 0 Å². The van der Waals surface area contributed by atoms with Crippen molar-refractivity contribution in [3.8, 4) is 5.75 Å². The van der Waals surface area contributed by atoms with Gasteiger partial charge in [0.15, 0.2) is 0 Å². The molecule has 0 bridgehead atoms. The minimum Gasteiger partial charge on any atom is -0.491 e. The van der Waals surface area contributed by atoms with Crippen molar-refractivity contribution in [1.29, 1.82) is 0 Å². The summed E-state index contributed by atoms with van der Waals surface area (Å²) in [6.45, 7) is 5.70. The molecule has 29 heavy (non-hydrogen) atoms. The van der Waals surface area contributed by atoms with Gasteiger partial charge in [0.2, 0.25) is 0 Å². The zero-order valence-corrected chi connectivity index (χ0v) is 16.5. The number of alkyl halides is 3. The van der Waals surface area contributed by atoms with Gasteiger partial charge < -0.3 is 20.5 Å². The molecule has 0 radical (unpaired) electrons. The maximum atomic E-state index is 12.7. The smallest absolute Gasteiger partial charge is 0.416 e. The molecule has 2 amide bonds. The molecular formula is C21H25F3N2O3. The number of benzene rings is 2. The molecule has 0 aromatic heterocycles. The molecule has 0 aliphatic heterocycles. The highest BCUT2D eigenvalue weighted by Crippen LogP contribution is 2.31. The van der Waals surface area contributed by atoms with Gasteiger partial charge in [-0.1, -0.05) is 45.0 Å². The molecule has 0 saturated heterocycles. The van der Waals surface area contributed by atoms with Crippen LogP contribution in [0.3, 0.4) is 0 Å². The predicted molar refractivity (Wildman–Crippen MR) is 105 cm³/mol. The maximum absolute atomic E-state index is 12.7. The largest absolute Gasteiger partial charge is 0.491 e. The van der Waals surface area contributed by atoms with E-state index in [0.717, 1.165) is 17.7 Å². The lowest BCUT2D eigenvalue weighted by molar-refractivity contribution is -0.137. The molecule has 0 aliphatic carbocycles. The van der Waals surface area contributed by atoms with Gasteiger partial charge in [0, 0.05) is 12.2 Å². The van der Waals surface area contributed by atoms with Crippen LogP contribution in [-0.4, -0.2) is 30.4 Å². The van der Waals surface area contributed by atoms with E-state index >= 15 is 0 Å². The normalized spacial score (nSPS) is 12.9. The Hall–Kier alpha value is -2.74. The summed E-state index contributed by atoms with van der Waals surface area (Å²) in [5, 5.41) is 15.2. The van der Waals surface area contributed by atoms with E-state index < -0.39 is 23.9 Å². The Balaban J connectivity index is 1.84. The third-order valence-electron chi connectivity index (χ3n) is 4.09. The average Bonchev–Trinajstić information content (AvgIpc) is 2.64. The second-order valence-corrected chi connectivity index (χ2v) is 7.62. The summed E-state index contributed by atoms with van der Waals surface area (Å²) in [6.07, 6.45) is -5.56. The number of aliphatic hydroxyl groups is 1. The van der Waals surface area contributed by atoms with Crippen LogP contribution < -0.4 is 15.4 Å². The first-order valence-electron chi connectivity index (χ1n) is 9.09. The van der Waals surface area contributed by atoms with Crippen molar-refractivity contribution in [2.45, 2.75) is 38.5 Å². The Kier molecular flexibility index (Phi) is 7.13. The topological polar surface area (TPSA) is 70.6 Å². The molecule has 5 nitrogen and oxygen atoms in total. The third-order valence-corrected chi connectivity index (χ3v) is 4.09. The number of carbonyl (C=O) groups is 1. The Labute approximate surface area is 167 Å². The van der Waals surface area contributed by atoms with Crippen molar-refractivity contribution in [2.24, 2.45) is 0 Å². The Morgan fingerprint density at radius 1 is 1.10 bits per heavy atom. The molecule has 2 aromatic carbocycles. The van der Waals surface area contributed by atoms with Crippen molar-refractivity contribution >= 4 is 11.7 Å². The molecule has 3 N–H and O–H groups in total. The van der Waals surface area contributed by atoms with Crippen LogP contribution in [0.5, 0.6) is 5.75 Å². The van der Waals surface area contributed by atoms with Crippen molar-refractivity contribution in [1.82, 2.24) is 5.32 Å². The first kappa shape index (κ1) is 22.5. The summed E-state index contributed by atoms with van der Waals surface area (Å²) in [5.41, 5.74) is 0.623. The summed E-state index contributed by atoms with van der Waals surface area (Å²) < 4.78 is 43.3. The predicted octanol–water partition coefficient (Wildman–Crippen LogP) is 4.56. The molecule has 2 aromatic rings. The Morgan fingerprint density at radius 3 is 2.45 bits per heavy atom. The monoisotopic (exact) mass is 410 g/mol. The number of hydrogen-bond donors (Lipinski definition) is 3. The molecule has 0 fully saturated rings. The molecule has 1 unspecified atom stereocenters. The molecule has 1 atom stereocenters. The summed E-state index contributed by atoms with van der Waals surface area (Å²) in [6, 6.07) is 11.3. The lowest BCUT2D eigenvalue weighted by Gasteiger charge is -2.23. The van der Waals surface area contributed by atoms with Gasteiger partial charge in [0.05, 0.1) is 5.56 Å². The number of halogens is 3. The van der Waals surface area contributed by atoms with Crippen LogP contribution in [0.1, 0.15) is 31.9 Å². The second kappa shape index (κ2) is 9.17. The van der Waals surface area contributed by atoms with Gasteiger partial charge in [-0.15, -0.1) is 0 Å². The van der Waals surface area contributed by atoms with Gasteiger partial charge in [-0.2, -0.15) is 13.2 Å². The highest BCUT2D eigenvalue weighted by Gasteiger charge is 2.30. The number of carbonyl (C=O) groups excluding carboxylic acids is 1. The molecule has 0 spiro atoms. The molecule has 0 aliphatic rings. The summed E-state index contributed by atoms with van der Waals surface area (Å²) >= 11 is 0. The second-order valence-electron chi connectivity index (χ2n) is 7.62. The quantitative estimate of drug-likeness (QED) is 0.654. The van der Waals surface area contributed by atoms with Crippen LogP contribution in [0.25, 0.3) is 0 Å². The SMILES string of the molecule is CC(C)(C)c1ccccc1NC(=O)NCC(O)COc1cccc(C(F)(F)F)c1. The minimum atomic E-state index is -4.47. The van der Waals surface area contributed by atoms with E-state index in [4.69, 9.17) is 4.74 Å². The number of ether oxygens (including phenoxy) is 1. The lowest BCUT2D eigenvalue weighted by atomic mass is 9.86. The van der Waals surface area contributed by atoms with E-state index in [1.54, 1.807) is 6.07 Å². The fraction of sp³-hybridized carbons (Fsp3) is 0.381. The third kappa shape index (κ3) is 6.98. The Bertz CT molecular complexity index is 832. The molecule has 8 heteroatoms. The fourth-order valence-electron chi connectivity index (χ4n) is 2.64. The van der Waals surface area contributed by atoms with Crippen LogP contribution >= 0.6 is 0 Å². The minimum absolute atomic E-state index is 0.0116. The molecular weight excluding hydrogens is 385 g/mol. The number of amides is 2. The van der Waals surface area contributed by atoms with Crippen LogP contribution in [0.15, 0.2) is 48.5 Å². The van der Waals surface area contributed by atoms with E-state index in [9.17, 15) is 23.1 Å². The van der Waals surface area contributed by atoms with E-state index in [1.807, 2.05) is 39.0 Å². The van der Waals surface area contributed by atoms with E-state index in [1.165, 1.54) is 12.1 Å². The van der Waals surface area contributed by atoms with Crippen molar-refractivity contribution in [2.75, 3.05) is 18.5 Å². The maximum Gasteiger partial charge on any atom is 0.416 e. The van der Waals surface area contributed by atoms with Crippen molar-refractivity contribution in [3.63, 3.8) is 0 Å². The van der Waals surface area contributed by atoms with Crippen LogP contribution in [-0.2, 0) is 11.6 Å². The highest BCUT2D eigenvalue weighted by atomic mass is 19.4. The lowest BCUT2D eigenvalue weighted by Crippen LogP contribution is -2.38. The van der Waals surface area contributed by atoms with Crippen LogP contribution in [0, 0.1) is 0 Å². The fourth-order valence-corrected chi connectivity index (χ4v) is 2.64. The van der Waals surface area contributed by atoms with Gasteiger partial charge >= 0.3 is 12.2 Å². The molecule has 0 saturated carbocycles. The van der Waals surface area contributed by atoms with Gasteiger partial charge in [0.1, 0.15) is 18.5 Å². The zero-order valence-electron chi connectivity index (χ0n) is 16.5. The number of para-hydroxylation sites is 1. The zero-order chi connectivity index (χ0) is 21.7. The van der Waals surface area contributed by atoms with Gasteiger partial charge in [-0.05, 0) is 35.2 Å². The number of hydrogen-bond acceptors (Lipinski definition) is 3. The summed E-state index contributed by atoms with van der Waals surface area (Å²) in [7, 11) is 0. The summed E-state index contributed by atoms with van der Waals surface area (Å²) in [5.74, 6) is -0.0116. The standard InChI is InChI=1S/C21H25F3N2O3/c1-20(2,3)17-9-4-5-10-18(17)26-19(28)25-12-15(27)13-29-16-8-6-7-14(11-16)21(22,23)24/h4-11,15,27H,12-13H2,1-3H3,(H2,25,26,28). The number of nitrogens with one attached hydrogen (secondary N) is 2. The number of anilines is 1. The number of aliphatic hydroxyl groups excluding tert-OH is 1. The molecule has 0 heterocycles. The molecule has 158 valence electrons. The van der Waals surface area contributed by atoms with Crippen molar-refractivity contribution in [3.05, 3.63) is 59.7 Å². The first-order valence-corrected chi connectivity index (χ1v) is 9.09. The van der Waals surface area contributed by atoms with Gasteiger partial charge in [0.25, 0.3) is 0 Å². The average molecular weight is 410 g/mol.